The molecule has 1 aliphatic heterocycles. The molecule has 4 heteroatoms. The summed E-state index contributed by atoms with van der Waals surface area (Å²) in [5.74, 6) is 0. The van der Waals surface area contributed by atoms with E-state index in [4.69, 9.17) is 9.47 Å². The zero-order valence-electron chi connectivity index (χ0n) is 10.5. The fraction of sp³-hybridized carbons (Fsp3) is 0.833. The molecule has 0 aromatic carbocycles. The van der Waals surface area contributed by atoms with Crippen LogP contribution in [0.15, 0.2) is 12.4 Å². The van der Waals surface area contributed by atoms with Crippen molar-refractivity contribution in [2.75, 3.05) is 53.6 Å². The number of likely N-dealkylation sites (N-methyl/N-ethyl adjacent to an activating group) is 1. The summed E-state index contributed by atoms with van der Waals surface area (Å²) in [5, 5.41) is 0. The first-order chi connectivity index (χ1) is 7.83. The Morgan fingerprint density at radius 3 is 2.56 bits per heavy atom. The van der Waals surface area contributed by atoms with E-state index in [1.54, 1.807) is 7.11 Å². The molecule has 0 N–H and O–H groups in total. The van der Waals surface area contributed by atoms with Crippen molar-refractivity contribution in [3.8, 4) is 0 Å². The zero-order valence-corrected chi connectivity index (χ0v) is 10.5. The van der Waals surface area contributed by atoms with Crippen LogP contribution in [0.4, 0.5) is 0 Å². The van der Waals surface area contributed by atoms with Crippen LogP contribution in [0.2, 0.25) is 0 Å². The Hall–Kier alpha value is -0.740. The van der Waals surface area contributed by atoms with Crippen molar-refractivity contribution in [2.45, 2.75) is 12.8 Å². The number of ether oxygens (including phenoxy) is 2. The summed E-state index contributed by atoms with van der Waals surface area (Å²) in [6, 6.07) is 0. The van der Waals surface area contributed by atoms with Crippen LogP contribution in [-0.4, -0.2) is 63.4 Å². The number of hydrogen-bond donors (Lipinski definition) is 0. The van der Waals surface area contributed by atoms with Crippen molar-refractivity contribution in [1.29, 1.82) is 0 Å². The second-order valence-corrected chi connectivity index (χ2v) is 4.13. The molecule has 0 unspecified atom stereocenters. The highest BCUT2D eigenvalue weighted by Gasteiger charge is 2.05. The minimum absolute atomic E-state index is 0.793. The fourth-order valence-corrected chi connectivity index (χ4v) is 1.61. The van der Waals surface area contributed by atoms with E-state index in [2.05, 4.69) is 29.2 Å². The summed E-state index contributed by atoms with van der Waals surface area (Å²) in [4.78, 5) is 4.55. The highest BCUT2D eigenvalue weighted by Crippen LogP contribution is 2.01. The Balaban J connectivity index is 1.89. The Kier molecular flexibility index (Phi) is 7.01. The lowest BCUT2D eigenvalue weighted by atomic mass is 10.3. The first-order valence-corrected chi connectivity index (χ1v) is 6.02. The zero-order chi connectivity index (χ0) is 11.6. The molecule has 0 aromatic heterocycles. The molecule has 94 valence electrons. The second kappa shape index (κ2) is 8.42. The summed E-state index contributed by atoms with van der Waals surface area (Å²) in [5.41, 5.74) is 0. The molecule has 0 bridgehead atoms. The molecule has 1 rings (SSSR count). The van der Waals surface area contributed by atoms with Crippen LogP contribution in [0.3, 0.4) is 0 Å². The molecule has 4 nitrogen and oxygen atoms in total. The van der Waals surface area contributed by atoms with Gasteiger partial charge in [-0.15, -0.1) is 0 Å². The van der Waals surface area contributed by atoms with E-state index in [1.165, 1.54) is 0 Å². The monoisotopic (exact) mass is 228 g/mol. The third-order valence-corrected chi connectivity index (χ3v) is 2.64. The lowest BCUT2D eigenvalue weighted by molar-refractivity contribution is 0.0969. The molecule has 0 amide bonds. The van der Waals surface area contributed by atoms with Gasteiger partial charge in [0.2, 0.25) is 0 Å². The van der Waals surface area contributed by atoms with Crippen molar-refractivity contribution >= 4 is 0 Å². The van der Waals surface area contributed by atoms with Crippen LogP contribution >= 0.6 is 0 Å². The lowest BCUT2D eigenvalue weighted by Gasteiger charge is -2.28. The number of methoxy groups -OCH3 is 1. The molecule has 1 aliphatic rings. The minimum atomic E-state index is 0.793. The van der Waals surface area contributed by atoms with Crippen molar-refractivity contribution in [3.05, 3.63) is 12.4 Å². The molecule has 0 spiro atoms. The van der Waals surface area contributed by atoms with Crippen LogP contribution in [0.5, 0.6) is 0 Å². The maximum atomic E-state index is 5.51. The number of rotatable bonds is 8. The Morgan fingerprint density at radius 2 is 1.88 bits per heavy atom. The quantitative estimate of drug-likeness (QED) is 0.582. The van der Waals surface area contributed by atoms with Crippen LogP contribution < -0.4 is 0 Å². The SMILES string of the molecule is COCCCOCCCN1C=CN(C)CC1. The standard InChI is InChI=1S/C12H24N2O2/c1-13-6-8-14(9-7-13)5-3-11-16-12-4-10-15-2/h6,8H,3-5,7,9-12H2,1-2H3. The molecular formula is C12H24N2O2. The van der Waals surface area contributed by atoms with Gasteiger partial charge < -0.3 is 19.3 Å². The number of hydrogen-bond acceptors (Lipinski definition) is 4. The number of nitrogens with zero attached hydrogens (tertiary/aromatic N) is 2. The molecule has 0 saturated carbocycles. The summed E-state index contributed by atoms with van der Waals surface area (Å²) < 4.78 is 10.5. The first-order valence-electron chi connectivity index (χ1n) is 6.02. The minimum Gasteiger partial charge on any atom is -0.385 e. The van der Waals surface area contributed by atoms with Crippen LogP contribution in [0, 0.1) is 0 Å². The van der Waals surface area contributed by atoms with Crippen LogP contribution in [-0.2, 0) is 9.47 Å². The van der Waals surface area contributed by atoms with Crippen LogP contribution in [0.1, 0.15) is 12.8 Å². The van der Waals surface area contributed by atoms with Gasteiger partial charge in [-0.25, -0.2) is 0 Å². The van der Waals surface area contributed by atoms with E-state index >= 15 is 0 Å². The maximum Gasteiger partial charge on any atom is 0.0487 e. The molecule has 0 aliphatic carbocycles. The van der Waals surface area contributed by atoms with E-state index in [1.807, 2.05) is 0 Å². The largest absolute Gasteiger partial charge is 0.385 e. The van der Waals surface area contributed by atoms with Gasteiger partial charge in [0.15, 0.2) is 0 Å². The normalized spacial score (nSPS) is 15.9. The van der Waals surface area contributed by atoms with Gasteiger partial charge >= 0.3 is 0 Å². The summed E-state index contributed by atoms with van der Waals surface area (Å²) >= 11 is 0. The Morgan fingerprint density at radius 1 is 1.06 bits per heavy atom. The van der Waals surface area contributed by atoms with Gasteiger partial charge in [0.25, 0.3) is 0 Å². The van der Waals surface area contributed by atoms with E-state index in [-0.39, 0.29) is 0 Å². The average molecular weight is 228 g/mol. The molecule has 0 fully saturated rings. The molecule has 0 aromatic rings. The van der Waals surface area contributed by atoms with E-state index in [9.17, 15) is 0 Å². The van der Waals surface area contributed by atoms with Crippen molar-refractivity contribution in [3.63, 3.8) is 0 Å². The smallest absolute Gasteiger partial charge is 0.0487 e. The fourth-order valence-electron chi connectivity index (χ4n) is 1.61. The molecular weight excluding hydrogens is 204 g/mol. The van der Waals surface area contributed by atoms with Crippen molar-refractivity contribution in [2.24, 2.45) is 0 Å². The molecule has 0 saturated heterocycles. The highest BCUT2D eigenvalue weighted by molar-refractivity contribution is 4.87. The van der Waals surface area contributed by atoms with Gasteiger partial charge in [0.05, 0.1) is 0 Å². The molecule has 0 atom stereocenters. The Labute approximate surface area is 98.8 Å². The van der Waals surface area contributed by atoms with E-state index < -0.39 is 0 Å². The maximum absolute atomic E-state index is 5.51. The summed E-state index contributed by atoms with van der Waals surface area (Å²) in [6.45, 7) is 5.79. The third kappa shape index (κ3) is 5.98. The van der Waals surface area contributed by atoms with Crippen molar-refractivity contribution in [1.82, 2.24) is 9.80 Å². The summed E-state index contributed by atoms with van der Waals surface area (Å²) in [6.07, 6.45) is 6.38. The third-order valence-electron chi connectivity index (χ3n) is 2.64. The molecule has 1 heterocycles. The predicted octanol–water partition coefficient (Wildman–Crippen LogP) is 1.15. The van der Waals surface area contributed by atoms with Gasteiger partial charge in [-0.1, -0.05) is 0 Å². The predicted molar refractivity (Wildman–Crippen MR) is 65.3 cm³/mol. The van der Waals surface area contributed by atoms with E-state index in [0.717, 1.165) is 52.3 Å². The molecule has 16 heavy (non-hydrogen) atoms. The van der Waals surface area contributed by atoms with Crippen LogP contribution in [0.25, 0.3) is 0 Å². The highest BCUT2D eigenvalue weighted by atomic mass is 16.5. The average Bonchev–Trinajstić information content (AvgIpc) is 2.30. The lowest BCUT2D eigenvalue weighted by Crippen LogP contribution is -2.33. The van der Waals surface area contributed by atoms with Gasteiger partial charge in [-0.2, -0.15) is 0 Å². The second-order valence-electron chi connectivity index (χ2n) is 4.13. The topological polar surface area (TPSA) is 24.9 Å². The van der Waals surface area contributed by atoms with Gasteiger partial charge in [0.1, 0.15) is 0 Å². The van der Waals surface area contributed by atoms with E-state index in [0.29, 0.717) is 0 Å². The van der Waals surface area contributed by atoms with Gasteiger partial charge in [0, 0.05) is 66.0 Å². The van der Waals surface area contributed by atoms with Crippen molar-refractivity contribution < 1.29 is 9.47 Å². The summed E-state index contributed by atoms with van der Waals surface area (Å²) in [7, 11) is 3.83. The Bertz CT molecular complexity index is 197. The van der Waals surface area contributed by atoms with Gasteiger partial charge in [-0.05, 0) is 12.8 Å². The first kappa shape index (κ1) is 13.3. The molecule has 0 radical (unpaired) electrons. The van der Waals surface area contributed by atoms with Gasteiger partial charge in [-0.3, -0.25) is 0 Å².